The molecule has 0 aliphatic rings. The standard InChI is InChI=1S/C24H20ClN3O2/c1-17-6-5-9-20(12-17)28(14-18-7-3-2-4-8-18)23(29)15-27-16-26-22-13-19(25)10-11-21(22)24(27)30/h2-13,16H,14-15H2,1H3. The van der Waals surface area contributed by atoms with Crippen molar-refractivity contribution >= 4 is 34.1 Å². The summed E-state index contributed by atoms with van der Waals surface area (Å²) in [5, 5.41) is 0.941. The maximum Gasteiger partial charge on any atom is 0.261 e. The van der Waals surface area contributed by atoms with E-state index in [1.165, 1.54) is 10.9 Å². The molecule has 0 saturated heterocycles. The van der Waals surface area contributed by atoms with E-state index in [0.717, 1.165) is 16.8 Å². The highest BCUT2D eigenvalue weighted by atomic mass is 35.5. The van der Waals surface area contributed by atoms with Crippen LogP contribution >= 0.6 is 11.6 Å². The number of rotatable bonds is 5. The van der Waals surface area contributed by atoms with Crippen molar-refractivity contribution in [3.8, 4) is 0 Å². The molecule has 0 bridgehead atoms. The molecular weight excluding hydrogens is 398 g/mol. The summed E-state index contributed by atoms with van der Waals surface area (Å²) < 4.78 is 1.34. The second-order valence-corrected chi connectivity index (χ2v) is 7.58. The van der Waals surface area contributed by atoms with Crippen LogP contribution in [0.5, 0.6) is 0 Å². The first-order chi connectivity index (χ1) is 14.5. The number of aromatic nitrogens is 2. The summed E-state index contributed by atoms with van der Waals surface area (Å²) in [5.74, 6) is -0.193. The number of anilines is 1. The van der Waals surface area contributed by atoms with Crippen LogP contribution < -0.4 is 10.5 Å². The van der Waals surface area contributed by atoms with Crippen LogP contribution in [0.1, 0.15) is 11.1 Å². The lowest BCUT2D eigenvalue weighted by atomic mass is 10.1. The zero-order chi connectivity index (χ0) is 21.1. The van der Waals surface area contributed by atoms with Gasteiger partial charge < -0.3 is 4.90 Å². The molecule has 0 radical (unpaired) electrons. The van der Waals surface area contributed by atoms with E-state index in [1.807, 2.05) is 61.5 Å². The molecule has 4 rings (SSSR count). The van der Waals surface area contributed by atoms with Gasteiger partial charge in [-0.25, -0.2) is 4.98 Å². The molecular formula is C24H20ClN3O2. The average Bonchev–Trinajstić information content (AvgIpc) is 2.74. The highest BCUT2D eigenvalue weighted by Crippen LogP contribution is 2.20. The predicted octanol–water partition coefficient (Wildman–Crippen LogP) is 4.59. The number of fused-ring (bicyclic) bond motifs is 1. The van der Waals surface area contributed by atoms with Crippen molar-refractivity contribution in [2.45, 2.75) is 20.0 Å². The third-order valence-corrected chi connectivity index (χ3v) is 5.13. The Kier molecular flexibility index (Phi) is 5.63. The van der Waals surface area contributed by atoms with Crippen molar-refractivity contribution in [2.24, 2.45) is 0 Å². The van der Waals surface area contributed by atoms with Gasteiger partial charge in [-0.1, -0.05) is 54.1 Å². The van der Waals surface area contributed by atoms with Crippen molar-refractivity contribution < 1.29 is 4.79 Å². The molecule has 0 atom stereocenters. The lowest BCUT2D eigenvalue weighted by Crippen LogP contribution is -2.36. The first-order valence-electron chi connectivity index (χ1n) is 9.57. The first-order valence-corrected chi connectivity index (χ1v) is 9.95. The minimum Gasteiger partial charge on any atom is -0.306 e. The number of hydrogen-bond acceptors (Lipinski definition) is 3. The lowest BCUT2D eigenvalue weighted by Gasteiger charge is -2.24. The molecule has 150 valence electrons. The molecule has 1 heterocycles. The molecule has 0 N–H and O–H groups in total. The van der Waals surface area contributed by atoms with Crippen LogP contribution in [-0.4, -0.2) is 15.5 Å². The molecule has 0 saturated carbocycles. The summed E-state index contributed by atoms with van der Waals surface area (Å²) in [6.07, 6.45) is 1.40. The van der Waals surface area contributed by atoms with Gasteiger partial charge in [0.2, 0.25) is 5.91 Å². The third kappa shape index (κ3) is 4.26. The van der Waals surface area contributed by atoms with Crippen LogP contribution in [0, 0.1) is 6.92 Å². The van der Waals surface area contributed by atoms with E-state index in [9.17, 15) is 9.59 Å². The number of halogens is 1. The highest BCUT2D eigenvalue weighted by Gasteiger charge is 2.18. The van der Waals surface area contributed by atoms with Crippen LogP contribution in [0.4, 0.5) is 5.69 Å². The normalized spacial score (nSPS) is 10.9. The summed E-state index contributed by atoms with van der Waals surface area (Å²) in [6, 6.07) is 22.5. The molecule has 5 nitrogen and oxygen atoms in total. The number of amides is 1. The van der Waals surface area contributed by atoms with Crippen LogP contribution in [0.3, 0.4) is 0 Å². The van der Waals surface area contributed by atoms with Gasteiger partial charge in [0.15, 0.2) is 0 Å². The molecule has 0 fully saturated rings. The minimum atomic E-state index is -0.270. The Morgan fingerprint density at radius 1 is 1.03 bits per heavy atom. The monoisotopic (exact) mass is 417 g/mol. The Balaban J connectivity index is 1.68. The van der Waals surface area contributed by atoms with Gasteiger partial charge in [-0.05, 0) is 48.4 Å². The maximum absolute atomic E-state index is 13.3. The molecule has 4 aromatic rings. The van der Waals surface area contributed by atoms with Crippen molar-refractivity contribution in [3.05, 3.63) is 106 Å². The fourth-order valence-corrected chi connectivity index (χ4v) is 3.53. The van der Waals surface area contributed by atoms with E-state index < -0.39 is 0 Å². The Bertz CT molecular complexity index is 1270. The van der Waals surface area contributed by atoms with E-state index in [4.69, 9.17) is 11.6 Å². The maximum atomic E-state index is 13.3. The predicted molar refractivity (Wildman–Crippen MR) is 120 cm³/mol. The summed E-state index contributed by atoms with van der Waals surface area (Å²) in [6.45, 7) is 2.29. The summed E-state index contributed by atoms with van der Waals surface area (Å²) in [4.78, 5) is 32.1. The molecule has 1 amide bonds. The lowest BCUT2D eigenvalue weighted by molar-refractivity contribution is -0.119. The van der Waals surface area contributed by atoms with E-state index in [1.54, 1.807) is 23.1 Å². The fraction of sp³-hybridized carbons (Fsp3) is 0.125. The van der Waals surface area contributed by atoms with Gasteiger partial charge in [-0.2, -0.15) is 0 Å². The Morgan fingerprint density at radius 2 is 1.83 bits per heavy atom. The van der Waals surface area contributed by atoms with Gasteiger partial charge in [-0.3, -0.25) is 14.2 Å². The zero-order valence-corrected chi connectivity index (χ0v) is 17.2. The van der Waals surface area contributed by atoms with Crippen molar-refractivity contribution in [2.75, 3.05) is 4.90 Å². The molecule has 0 aliphatic heterocycles. The third-order valence-electron chi connectivity index (χ3n) is 4.89. The van der Waals surface area contributed by atoms with Crippen molar-refractivity contribution in [3.63, 3.8) is 0 Å². The Labute approximate surface area is 179 Å². The van der Waals surface area contributed by atoms with E-state index in [2.05, 4.69) is 4.98 Å². The van der Waals surface area contributed by atoms with Gasteiger partial charge in [0.25, 0.3) is 5.56 Å². The van der Waals surface area contributed by atoms with Crippen molar-refractivity contribution in [1.82, 2.24) is 9.55 Å². The van der Waals surface area contributed by atoms with Crippen LogP contribution in [0.2, 0.25) is 5.02 Å². The van der Waals surface area contributed by atoms with Gasteiger partial charge in [-0.15, -0.1) is 0 Å². The molecule has 0 spiro atoms. The highest BCUT2D eigenvalue weighted by molar-refractivity contribution is 6.31. The number of carbonyl (C=O) groups excluding carboxylic acids is 1. The molecule has 6 heteroatoms. The van der Waals surface area contributed by atoms with Crippen LogP contribution in [-0.2, 0) is 17.9 Å². The second kappa shape index (κ2) is 8.51. The smallest absolute Gasteiger partial charge is 0.261 e. The molecule has 1 aromatic heterocycles. The topological polar surface area (TPSA) is 55.2 Å². The Morgan fingerprint density at radius 3 is 2.60 bits per heavy atom. The molecule has 0 aliphatic carbocycles. The minimum absolute atomic E-state index is 0.106. The summed E-state index contributed by atoms with van der Waals surface area (Å²) in [7, 11) is 0. The van der Waals surface area contributed by atoms with Crippen LogP contribution in [0.25, 0.3) is 10.9 Å². The SMILES string of the molecule is Cc1cccc(N(Cc2ccccc2)C(=O)Cn2cnc3cc(Cl)ccc3c2=O)c1. The first kappa shape index (κ1) is 19.9. The van der Waals surface area contributed by atoms with E-state index in [-0.39, 0.29) is 18.0 Å². The van der Waals surface area contributed by atoms with E-state index >= 15 is 0 Å². The van der Waals surface area contributed by atoms with Crippen molar-refractivity contribution in [1.29, 1.82) is 0 Å². The number of benzene rings is 3. The number of nitrogens with zero attached hydrogens (tertiary/aromatic N) is 3. The average molecular weight is 418 g/mol. The van der Waals surface area contributed by atoms with Crippen LogP contribution in [0.15, 0.2) is 83.9 Å². The summed E-state index contributed by atoms with van der Waals surface area (Å²) in [5.41, 5.74) is 3.09. The fourth-order valence-electron chi connectivity index (χ4n) is 3.36. The molecule has 0 unspecified atom stereocenters. The second-order valence-electron chi connectivity index (χ2n) is 7.14. The largest absolute Gasteiger partial charge is 0.306 e. The summed E-state index contributed by atoms with van der Waals surface area (Å²) >= 11 is 5.98. The molecule has 3 aromatic carbocycles. The Hall–Kier alpha value is -3.44. The molecule has 30 heavy (non-hydrogen) atoms. The number of aryl methyl sites for hydroxylation is 1. The quantitative estimate of drug-likeness (QED) is 0.477. The van der Waals surface area contributed by atoms with Gasteiger partial charge in [0.1, 0.15) is 6.54 Å². The van der Waals surface area contributed by atoms with Gasteiger partial charge >= 0.3 is 0 Å². The number of hydrogen-bond donors (Lipinski definition) is 0. The zero-order valence-electron chi connectivity index (χ0n) is 16.5. The van der Waals surface area contributed by atoms with E-state index in [0.29, 0.717) is 22.5 Å². The van der Waals surface area contributed by atoms with Gasteiger partial charge in [0.05, 0.1) is 23.8 Å². The van der Waals surface area contributed by atoms with Gasteiger partial charge in [0, 0.05) is 10.7 Å². The number of carbonyl (C=O) groups is 1.